The number of nitrogens with two attached hydrogens (primary N) is 1. The molecule has 1 aromatic carbocycles. The lowest BCUT2D eigenvalue weighted by molar-refractivity contribution is 0.417. The summed E-state index contributed by atoms with van der Waals surface area (Å²) in [5, 5.41) is 3.63. The number of nitrogens with one attached hydrogen (secondary N) is 1. The van der Waals surface area contributed by atoms with Crippen molar-refractivity contribution in [2.24, 2.45) is 5.73 Å². The lowest BCUT2D eigenvalue weighted by Gasteiger charge is -2.23. The quantitative estimate of drug-likeness (QED) is 0.883. The minimum absolute atomic E-state index is 0.0790. The van der Waals surface area contributed by atoms with Gasteiger partial charge in [0.25, 0.3) is 0 Å². The zero-order chi connectivity index (χ0) is 13.2. The van der Waals surface area contributed by atoms with Crippen LogP contribution in [0.25, 0.3) is 0 Å². The molecule has 0 amide bonds. The van der Waals surface area contributed by atoms with Gasteiger partial charge in [0.2, 0.25) is 0 Å². The van der Waals surface area contributed by atoms with Crippen LogP contribution < -0.4 is 11.1 Å². The molecular weight excluding hydrogens is 234 g/mol. The SMILES string of the molecule is CC(N[C@@H]1Cc2ccccc2[C@H]1N)c1cccnc1. The average molecular weight is 253 g/mol. The highest BCUT2D eigenvalue weighted by molar-refractivity contribution is 5.37. The molecule has 19 heavy (non-hydrogen) atoms. The summed E-state index contributed by atoms with van der Waals surface area (Å²) in [6.45, 7) is 2.16. The van der Waals surface area contributed by atoms with E-state index in [1.807, 2.05) is 12.3 Å². The Morgan fingerprint density at radius 2 is 2.11 bits per heavy atom. The number of nitrogens with zero attached hydrogens (tertiary/aromatic N) is 1. The number of hydrogen-bond donors (Lipinski definition) is 2. The third-order valence-corrected chi connectivity index (χ3v) is 3.94. The minimum Gasteiger partial charge on any atom is -0.323 e. The van der Waals surface area contributed by atoms with Crippen molar-refractivity contribution in [1.29, 1.82) is 0 Å². The van der Waals surface area contributed by atoms with E-state index in [9.17, 15) is 0 Å². The van der Waals surface area contributed by atoms with Gasteiger partial charge >= 0.3 is 0 Å². The van der Waals surface area contributed by atoms with Crippen LogP contribution in [0, 0.1) is 0 Å². The van der Waals surface area contributed by atoms with Gasteiger partial charge in [0.1, 0.15) is 0 Å². The zero-order valence-corrected chi connectivity index (χ0v) is 11.1. The van der Waals surface area contributed by atoms with E-state index in [-0.39, 0.29) is 12.1 Å². The summed E-state index contributed by atoms with van der Waals surface area (Å²) in [6.07, 6.45) is 4.71. The number of benzene rings is 1. The van der Waals surface area contributed by atoms with Gasteiger partial charge in [-0.15, -0.1) is 0 Å². The van der Waals surface area contributed by atoms with Crippen LogP contribution in [0.1, 0.15) is 35.7 Å². The van der Waals surface area contributed by atoms with Crippen molar-refractivity contribution < 1.29 is 0 Å². The molecule has 3 nitrogen and oxygen atoms in total. The highest BCUT2D eigenvalue weighted by Gasteiger charge is 2.30. The molecule has 2 aromatic rings. The minimum atomic E-state index is 0.0790. The summed E-state index contributed by atoms with van der Waals surface area (Å²) in [5.74, 6) is 0. The summed E-state index contributed by atoms with van der Waals surface area (Å²) >= 11 is 0. The summed E-state index contributed by atoms with van der Waals surface area (Å²) in [6, 6.07) is 13.2. The maximum Gasteiger partial charge on any atom is 0.0457 e. The van der Waals surface area contributed by atoms with E-state index in [1.54, 1.807) is 6.20 Å². The van der Waals surface area contributed by atoms with Crippen LogP contribution in [-0.2, 0) is 6.42 Å². The van der Waals surface area contributed by atoms with Crippen LogP contribution in [0.4, 0.5) is 0 Å². The Balaban J connectivity index is 1.73. The van der Waals surface area contributed by atoms with Gasteiger partial charge in [0.05, 0.1) is 0 Å². The van der Waals surface area contributed by atoms with Crippen LogP contribution >= 0.6 is 0 Å². The van der Waals surface area contributed by atoms with Gasteiger partial charge in [-0.1, -0.05) is 30.3 Å². The third kappa shape index (κ3) is 2.39. The first-order valence-corrected chi connectivity index (χ1v) is 6.75. The van der Waals surface area contributed by atoms with Gasteiger partial charge in [-0.05, 0) is 36.1 Å². The van der Waals surface area contributed by atoms with Crippen LogP contribution in [0.15, 0.2) is 48.8 Å². The standard InChI is InChI=1S/C16H19N3/c1-11(13-6-4-8-18-10-13)19-15-9-12-5-2-3-7-14(12)16(15)17/h2-8,10-11,15-16,19H,9,17H2,1H3/t11?,15-,16-/m1/s1. The van der Waals surface area contributed by atoms with Crippen LogP contribution in [0.2, 0.25) is 0 Å². The number of hydrogen-bond acceptors (Lipinski definition) is 3. The molecular formula is C16H19N3. The monoisotopic (exact) mass is 253 g/mol. The van der Waals surface area contributed by atoms with Gasteiger partial charge in [-0.2, -0.15) is 0 Å². The van der Waals surface area contributed by atoms with Crippen molar-refractivity contribution in [2.75, 3.05) is 0 Å². The third-order valence-electron chi connectivity index (χ3n) is 3.94. The van der Waals surface area contributed by atoms with Gasteiger partial charge in [0.15, 0.2) is 0 Å². The van der Waals surface area contributed by atoms with Crippen molar-refractivity contribution in [2.45, 2.75) is 31.5 Å². The molecule has 3 rings (SSSR count). The average Bonchev–Trinajstić information content (AvgIpc) is 2.77. The van der Waals surface area contributed by atoms with Gasteiger partial charge in [0, 0.05) is 30.5 Å². The summed E-state index contributed by atoms with van der Waals surface area (Å²) in [4.78, 5) is 4.17. The molecule has 0 fully saturated rings. The number of rotatable bonds is 3. The Hall–Kier alpha value is -1.71. The van der Waals surface area contributed by atoms with E-state index in [0.29, 0.717) is 6.04 Å². The topological polar surface area (TPSA) is 50.9 Å². The summed E-state index contributed by atoms with van der Waals surface area (Å²) < 4.78 is 0. The molecule has 3 atom stereocenters. The maximum atomic E-state index is 6.34. The van der Waals surface area contributed by atoms with Crippen LogP contribution in [0.5, 0.6) is 0 Å². The van der Waals surface area contributed by atoms with Gasteiger partial charge in [-0.3, -0.25) is 4.98 Å². The molecule has 0 radical (unpaired) electrons. The van der Waals surface area contributed by atoms with E-state index in [4.69, 9.17) is 5.73 Å². The molecule has 0 saturated carbocycles. The molecule has 1 heterocycles. The molecule has 1 aromatic heterocycles. The normalized spacial score (nSPS) is 23.1. The molecule has 3 N–H and O–H groups in total. The van der Waals surface area contributed by atoms with E-state index in [0.717, 1.165) is 6.42 Å². The lowest BCUT2D eigenvalue weighted by atomic mass is 10.1. The van der Waals surface area contributed by atoms with E-state index < -0.39 is 0 Å². The second kappa shape index (κ2) is 5.11. The van der Waals surface area contributed by atoms with Crippen molar-refractivity contribution in [3.8, 4) is 0 Å². The Bertz CT molecular complexity index is 553. The Labute approximate surface area is 113 Å². The molecule has 0 spiro atoms. The Kier molecular flexibility index (Phi) is 3.32. The predicted molar refractivity (Wildman–Crippen MR) is 76.7 cm³/mol. The van der Waals surface area contributed by atoms with E-state index in [2.05, 4.69) is 47.6 Å². The molecule has 0 bridgehead atoms. The second-order valence-electron chi connectivity index (χ2n) is 5.21. The zero-order valence-electron chi connectivity index (χ0n) is 11.1. The number of fused-ring (bicyclic) bond motifs is 1. The summed E-state index contributed by atoms with van der Waals surface area (Å²) in [7, 11) is 0. The fourth-order valence-corrected chi connectivity index (χ4v) is 2.84. The van der Waals surface area contributed by atoms with E-state index >= 15 is 0 Å². The van der Waals surface area contributed by atoms with Gasteiger partial charge < -0.3 is 11.1 Å². The Morgan fingerprint density at radius 1 is 1.26 bits per heavy atom. The van der Waals surface area contributed by atoms with Crippen molar-refractivity contribution in [1.82, 2.24) is 10.3 Å². The molecule has 1 unspecified atom stereocenters. The number of aromatic nitrogens is 1. The fraction of sp³-hybridized carbons (Fsp3) is 0.312. The van der Waals surface area contributed by atoms with Gasteiger partial charge in [-0.25, -0.2) is 0 Å². The second-order valence-corrected chi connectivity index (χ2v) is 5.21. The largest absolute Gasteiger partial charge is 0.323 e. The smallest absolute Gasteiger partial charge is 0.0457 e. The number of pyridine rings is 1. The van der Waals surface area contributed by atoms with Crippen molar-refractivity contribution in [3.05, 3.63) is 65.5 Å². The maximum absolute atomic E-state index is 6.34. The predicted octanol–water partition coefficient (Wildman–Crippen LogP) is 2.36. The first-order valence-electron chi connectivity index (χ1n) is 6.75. The molecule has 3 heteroatoms. The molecule has 1 aliphatic rings. The van der Waals surface area contributed by atoms with Crippen LogP contribution in [-0.4, -0.2) is 11.0 Å². The molecule has 0 saturated heterocycles. The van der Waals surface area contributed by atoms with Crippen molar-refractivity contribution in [3.63, 3.8) is 0 Å². The first kappa shape index (κ1) is 12.3. The van der Waals surface area contributed by atoms with Crippen molar-refractivity contribution >= 4 is 0 Å². The lowest BCUT2D eigenvalue weighted by Crippen LogP contribution is -2.38. The molecule has 1 aliphatic carbocycles. The van der Waals surface area contributed by atoms with Crippen LogP contribution in [0.3, 0.4) is 0 Å². The highest BCUT2D eigenvalue weighted by Crippen LogP contribution is 2.30. The fourth-order valence-electron chi connectivity index (χ4n) is 2.84. The summed E-state index contributed by atoms with van der Waals surface area (Å²) in [5.41, 5.74) is 10.2. The highest BCUT2D eigenvalue weighted by atomic mass is 15.0. The molecule has 98 valence electrons. The van der Waals surface area contributed by atoms with E-state index in [1.165, 1.54) is 16.7 Å². The Morgan fingerprint density at radius 3 is 2.84 bits per heavy atom. The first-order chi connectivity index (χ1) is 9.25. The molecule has 0 aliphatic heterocycles.